The quantitative estimate of drug-likeness (QED) is 0.459. The highest BCUT2D eigenvalue weighted by Crippen LogP contribution is 2.28. The molecule has 4 unspecified atom stereocenters. The van der Waals surface area contributed by atoms with E-state index < -0.39 is 21.2 Å². The van der Waals surface area contributed by atoms with Gasteiger partial charge in [-0.2, -0.15) is 11.8 Å². The van der Waals surface area contributed by atoms with Crippen LogP contribution in [0.4, 0.5) is 0 Å². The monoisotopic (exact) mass is 431 g/mol. The number of aliphatic hydroxyl groups is 1. The van der Waals surface area contributed by atoms with Gasteiger partial charge in [0.1, 0.15) is 6.04 Å². The van der Waals surface area contributed by atoms with Crippen molar-refractivity contribution in [2.24, 2.45) is 5.92 Å². The van der Waals surface area contributed by atoms with Gasteiger partial charge in [0.2, 0.25) is 11.8 Å². The van der Waals surface area contributed by atoms with Crippen molar-refractivity contribution in [1.82, 2.24) is 15.5 Å². The number of rotatable bonds is 8. The lowest BCUT2D eigenvalue weighted by Gasteiger charge is -2.45. The van der Waals surface area contributed by atoms with Crippen LogP contribution in [0.25, 0.3) is 0 Å². The van der Waals surface area contributed by atoms with Crippen LogP contribution in [-0.2, 0) is 18.4 Å². The topological polar surface area (TPSA) is 100 Å². The van der Waals surface area contributed by atoms with Gasteiger partial charge >= 0.3 is 8.56 Å². The summed E-state index contributed by atoms with van der Waals surface area (Å²) in [6, 6.07) is -0.794. The van der Waals surface area contributed by atoms with Gasteiger partial charge in [-0.1, -0.05) is 0 Å². The minimum atomic E-state index is -2.24. The molecule has 10 heteroatoms. The summed E-state index contributed by atoms with van der Waals surface area (Å²) in [6.45, 7) is 8.66. The maximum absolute atomic E-state index is 12.5. The lowest BCUT2D eigenvalue weighted by Crippen LogP contribution is -2.60. The van der Waals surface area contributed by atoms with Crippen LogP contribution in [0, 0.1) is 5.92 Å². The van der Waals surface area contributed by atoms with Crippen molar-refractivity contribution in [3.05, 3.63) is 0 Å². The first-order valence-corrected chi connectivity index (χ1v) is 13.8. The van der Waals surface area contributed by atoms with Crippen molar-refractivity contribution in [2.75, 3.05) is 37.4 Å². The maximum atomic E-state index is 12.5. The Bertz CT molecular complexity index is 565. The van der Waals surface area contributed by atoms with Gasteiger partial charge in [-0.3, -0.25) is 9.59 Å². The average Bonchev–Trinajstić information content (AvgIpc) is 2.92. The molecule has 2 bridgehead atoms. The summed E-state index contributed by atoms with van der Waals surface area (Å²) in [4.78, 5) is 27.1. The van der Waals surface area contributed by atoms with Gasteiger partial charge in [-0.25, -0.2) is 0 Å². The van der Waals surface area contributed by atoms with E-state index in [0.717, 1.165) is 32.5 Å². The summed E-state index contributed by atoms with van der Waals surface area (Å²) in [7, 11) is -2.24. The number of amides is 2. The highest BCUT2D eigenvalue weighted by molar-refractivity contribution is 8.01. The standard InChI is InChI=1S/C18H33N3O5SSi/c1-12-13(2)26-28(3,25-12)11-27-10-17(23)19-16(9-22)18(24)20-15-8-21-6-4-14(15)5-7-21/h12-16,22H,4-11H2,1-3H3,(H,19,23)(H,20,24). The van der Waals surface area contributed by atoms with E-state index in [1.165, 1.54) is 11.8 Å². The zero-order chi connectivity index (χ0) is 20.3. The number of piperidine rings is 3. The molecular weight excluding hydrogens is 398 g/mol. The van der Waals surface area contributed by atoms with E-state index in [0.29, 0.717) is 11.3 Å². The van der Waals surface area contributed by atoms with E-state index in [1.54, 1.807) is 0 Å². The number of carbonyl (C=O) groups excluding carboxylic acids is 2. The van der Waals surface area contributed by atoms with Gasteiger partial charge in [0.25, 0.3) is 0 Å². The van der Waals surface area contributed by atoms with E-state index in [-0.39, 0.29) is 35.8 Å². The molecule has 160 valence electrons. The van der Waals surface area contributed by atoms with E-state index in [4.69, 9.17) is 8.85 Å². The smallest absolute Gasteiger partial charge is 0.345 e. The number of aliphatic hydroxyl groups excluding tert-OH is 1. The Morgan fingerprint density at radius 3 is 2.43 bits per heavy atom. The van der Waals surface area contributed by atoms with Gasteiger partial charge in [-0.05, 0) is 52.2 Å². The van der Waals surface area contributed by atoms with Crippen LogP contribution in [0.3, 0.4) is 0 Å². The van der Waals surface area contributed by atoms with E-state index in [1.807, 2.05) is 20.4 Å². The molecule has 28 heavy (non-hydrogen) atoms. The van der Waals surface area contributed by atoms with Crippen molar-refractivity contribution in [3.8, 4) is 0 Å². The third kappa shape index (κ3) is 5.48. The molecule has 4 aliphatic rings. The Kier molecular flexibility index (Phi) is 7.43. The third-order valence-electron chi connectivity index (χ3n) is 5.95. The minimum Gasteiger partial charge on any atom is -0.394 e. The molecule has 4 heterocycles. The van der Waals surface area contributed by atoms with Crippen molar-refractivity contribution in [1.29, 1.82) is 0 Å². The van der Waals surface area contributed by atoms with Crippen LogP contribution in [-0.4, -0.2) is 92.0 Å². The van der Waals surface area contributed by atoms with Crippen molar-refractivity contribution >= 4 is 32.1 Å². The van der Waals surface area contributed by atoms with Gasteiger partial charge in [0, 0.05) is 18.0 Å². The van der Waals surface area contributed by atoms with Crippen LogP contribution in [0.15, 0.2) is 0 Å². The number of hydrogen-bond donors (Lipinski definition) is 3. The minimum absolute atomic E-state index is 0.0833. The van der Waals surface area contributed by atoms with Gasteiger partial charge in [0.05, 0.1) is 24.6 Å². The number of hydrogen-bond acceptors (Lipinski definition) is 7. The number of nitrogens with one attached hydrogen (secondary N) is 2. The molecule has 0 aromatic heterocycles. The Labute approximate surface area is 172 Å². The summed E-state index contributed by atoms with van der Waals surface area (Å²) in [5.41, 5.74) is 0. The number of carbonyl (C=O) groups is 2. The molecule has 0 spiro atoms. The highest BCUT2D eigenvalue weighted by atomic mass is 32.2. The fourth-order valence-corrected chi connectivity index (χ4v) is 8.96. The largest absolute Gasteiger partial charge is 0.394 e. The first-order chi connectivity index (χ1) is 13.3. The van der Waals surface area contributed by atoms with Crippen LogP contribution in [0.2, 0.25) is 6.55 Å². The molecule has 2 amide bonds. The predicted octanol–water partition coefficient (Wildman–Crippen LogP) is -0.158. The fourth-order valence-electron chi connectivity index (χ4n) is 4.25. The first-order valence-electron chi connectivity index (χ1n) is 10.2. The molecular formula is C18H33N3O5SSi. The Morgan fingerprint density at radius 2 is 1.89 bits per heavy atom. The molecule has 3 N–H and O–H groups in total. The summed E-state index contributed by atoms with van der Waals surface area (Å²) in [6.07, 6.45) is 2.36. The predicted molar refractivity (Wildman–Crippen MR) is 110 cm³/mol. The zero-order valence-electron chi connectivity index (χ0n) is 17.0. The first kappa shape index (κ1) is 22.0. The molecule has 4 atom stereocenters. The zero-order valence-corrected chi connectivity index (χ0v) is 18.8. The Hall–Kier alpha value is -0.653. The second kappa shape index (κ2) is 9.44. The van der Waals surface area contributed by atoms with Crippen molar-refractivity contribution in [2.45, 2.75) is 57.5 Å². The highest BCUT2D eigenvalue weighted by Gasteiger charge is 2.43. The number of fused-ring (bicyclic) bond motifs is 3. The third-order valence-corrected chi connectivity index (χ3v) is 11.1. The molecule has 8 nitrogen and oxygen atoms in total. The van der Waals surface area contributed by atoms with Gasteiger partial charge in [-0.15, -0.1) is 0 Å². The van der Waals surface area contributed by atoms with Gasteiger partial charge in [0.15, 0.2) is 0 Å². The number of thioether (sulfide) groups is 1. The number of nitrogens with zero attached hydrogens (tertiary/aromatic N) is 1. The van der Waals surface area contributed by atoms with Crippen molar-refractivity contribution in [3.63, 3.8) is 0 Å². The normalized spacial score (nSPS) is 38.2. The molecule has 0 aliphatic carbocycles. The summed E-state index contributed by atoms with van der Waals surface area (Å²) < 4.78 is 11.9. The van der Waals surface area contributed by atoms with Crippen LogP contribution in [0.5, 0.6) is 0 Å². The average molecular weight is 432 g/mol. The van der Waals surface area contributed by atoms with Crippen LogP contribution < -0.4 is 10.6 Å². The summed E-state index contributed by atoms with van der Waals surface area (Å²) in [5.74, 6) is 0.152. The lowest BCUT2D eigenvalue weighted by molar-refractivity contribution is -0.130. The summed E-state index contributed by atoms with van der Waals surface area (Å²) >= 11 is 1.45. The summed E-state index contributed by atoms with van der Waals surface area (Å²) in [5, 5.41) is 15.9. The van der Waals surface area contributed by atoms with Gasteiger partial charge < -0.3 is 29.5 Å². The van der Waals surface area contributed by atoms with Crippen molar-refractivity contribution < 1.29 is 23.5 Å². The molecule has 4 saturated heterocycles. The SMILES string of the molecule is CC1O[Si](C)(CSCC(=O)NC(CO)C(=O)NC2CN3CCC2CC3)OC1C. The fraction of sp³-hybridized carbons (Fsp3) is 0.889. The molecule has 0 radical (unpaired) electrons. The molecule has 4 rings (SSSR count). The lowest BCUT2D eigenvalue weighted by atomic mass is 9.84. The molecule has 0 aromatic rings. The molecule has 0 saturated carbocycles. The van der Waals surface area contributed by atoms with E-state index in [2.05, 4.69) is 15.5 Å². The molecule has 0 aromatic carbocycles. The second-order valence-electron chi connectivity index (χ2n) is 8.33. The van der Waals surface area contributed by atoms with E-state index in [9.17, 15) is 14.7 Å². The Balaban J connectivity index is 1.40. The Morgan fingerprint density at radius 1 is 1.25 bits per heavy atom. The van der Waals surface area contributed by atoms with Crippen LogP contribution in [0.1, 0.15) is 26.7 Å². The van der Waals surface area contributed by atoms with E-state index >= 15 is 0 Å². The maximum Gasteiger partial charge on any atom is 0.345 e. The second-order valence-corrected chi connectivity index (χ2v) is 12.9. The molecule has 4 fully saturated rings. The van der Waals surface area contributed by atoms with Crippen LogP contribution >= 0.6 is 11.8 Å². The molecule has 4 aliphatic heterocycles.